The summed E-state index contributed by atoms with van der Waals surface area (Å²) in [5.74, 6) is 0.864. The lowest BCUT2D eigenvalue weighted by Crippen LogP contribution is -2.24. The van der Waals surface area contributed by atoms with E-state index in [1.54, 1.807) is 0 Å². The Kier molecular flexibility index (Phi) is 8.14. The zero-order valence-corrected chi connectivity index (χ0v) is 12.1. The van der Waals surface area contributed by atoms with E-state index in [1.165, 1.54) is 0 Å². The zero-order chi connectivity index (χ0) is 14.8. The second-order valence-electron chi connectivity index (χ2n) is 4.56. The molecule has 0 heterocycles. The Morgan fingerprint density at radius 2 is 1.85 bits per heavy atom. The average Bonchev–Trinajstić information content (AvgIpc) is 2.44. The van der Waals surface area contributed by atoms with Crippen molar-refractivity contribution in [3.63, 3.8) is 0 Å². The van der Waals surface area contributed by atoms with Crippen molar-refractivity contribution in [3.05, 3.63) is 29.8 Å². The van der Waals surface area contributed by atoms with Gasteiger partial charge in [-0.15, -0.1) is 0 Å². The minimum absolute atomic E-state index is 0.144. The van der Waals surface area contributed by atoms with Crippen molar-refractivity contribution in [2.24, 2.45) is 0 Å². The van der Waals surface area contributed by atoms with Gasteiger partial charge < -0.3 is 14.8 Å². The quantitative estimate of drug-likeness (QED) is 0.669. The largest absolute Gasteiger partial charge is 0.494 e. The van der Waals surface area contributed by atoms with Gasteiger partial charge in [0.15, 0.2) is 0 Å². The minimum atomic E-state index is -2.40. The lowest BCUT2D eigenvalue weighted by molar-refractivity contribution is 0.0183. The van der Waals surface area contributed by atoms with Crippen LogP contribution >= 0.6 is 0 Å². The van der Waals surface area contributed by atoms with Gasteiger partial charge in [0.25, 0.3) is 6.43 Å². The van der Waals surface area contributed by atoms with Crippen LogP contribution in [0.25, 0.3) is 0 Å². The smallest absolute Gasteiger partial charge is 0.261 e. The van der Waals surface area contributed by atoms with Gasteiger partial charge in [-0.3, -0.25) is 0 Å². The molecule has 0 aromatic heterocycles. The summed E-state index contributed by atoms with van der Waals surface area (Å²) < 4.78 is 34.0. The summed E-state index contributed by atoms with van der Waals surface area (Å²) in [5.41, 5.74) is 1.13. The Labute approximate surface area is 119 Å². The second kappa shape index (κ2) is 9.66. The van der Waals surface area contributed by atoms with Crippen LogP contribution in [0.15, 0.2) is 24.3 Å². The molecule has 1 rings (SSSR count). The van der Waals surface area contributed by atoms with Gasteiger partial charge >= 0.3 is 0 Å². The highest BCUT2D eigenvalue weighted by Gasteiger charge is 2.05. The van der Waals surface area contributed by atoms with Crippen LogP contribution in [-0.4, -0.2) is 32.8 Å². The van der Waals surface area contributed by atoms with Crippen molar-refractivity contribution >= 4 is 0 Å². The van der Waals surface area contributed by atoms with E-state index >= 15 is 0 Å². The molecule has 20 heavy (non-hydrogen) atoms. The van der Waals surface area contributed by atoms with Crippen LogP contribution in [0.1, 0.15) is 31.9 Å². The molecule has 1 aromatic carbocycles. The molecule has 0 spiro atoms. The number of benzene rings is 1. The van der Waals surface area contributed by atoms with E-state index in [1.807, 2.05) is 31.2 Å². The zero-order valence-electron chi connectivity index (χ0n) is 12.1. The number of halogens is 2. The highest BCUT2D eigenvalue weighted by molar-refractivity contribution is 5.28. The fraction of sp³-hybridized carbons (Fsp3) is 0.600. The van der Waals surface area contributed by atoms with E-state index in [0.717, 1.165) is 17.7 Å². The lowest BCUT2D eigenvalue weighted by Gasteiger charge is -2.15. The Balaban J connectivity index is 2.26. The van der Waals surface area contributed by atoms with Crippen LogP contribution in [0.5, 0.6) is 5.75 Å². The SMILES string of the molecule is CCCOc1ccc(C(C)NCCOCC(F)F)cc1. The van der Waals surface area contributed by atoms with Gasteiger partial charge in [0.2, 0.25) is 0 Å². The number of ether oxygens (including phenoxy) is 2. The predicted octanol–water partition coefficient (Wildman–Crippen LogP) is 3.41. The normalized spacial score (nSPS) is 12.7. The predicted molar refractivity (Wildman–Crippen MR) is 75.5 cm³/mol. The van der Waals surface area contributed by atoms with Gasteiger partial charge in [-0.25, -0.2) is 8.78 Å². The Morgan fingerprint density at radius 3 is 2.45 bits per heavy atom. The van der Waals surface area contributed by atoms with Crippen molar-refractivity contribution in [1.82, 2.24) is 5.32 Å². The molecular formula is C15H23F2NO2. The van der Waals surface area contributed by atoms with E-state index in [-0.39, 0.29) is 12.6 Å². The van der Waals surface area contributed by atoms with E-state index in [0.29, 0.717) is 13.2 Å². The average molecular weight is 287 g/mol. The standard InChI is InChI=1S/C15H23F2NO2/c1-3-9-20-14-6-4-13(5-7-14)12(2)18-8-10-19-11-15(16)17/h4-7,12,15,18H,3,8-11H2,1-2H3. The molecule has 1 N–H and O–H groups in total. The molecule has 0 fully saturated rings. The van der Waals surface area contributed by atoms with Crippen molar-refractivity contribution in [1.29, 1.82) is 0 Å². The van der Waals surface area contributed by atoms with Gasteiger partial charge in [-0.05, 0) is 31.0 Å². The first-order valence-corrected chi connectivity index (χ1v) is 6.95. The van der Waals surface area contributed by atoms with Gasteiger partial charge in [0.05, 0.1) is 13.2 Å². The maximum Gasteiger partial charge on any atom is 0.261 e. The van der Waals surface area contributed by atoms with Crippen molar-refractivity contribution < 1.29 is 18.3 Å². The molecule has 0 bridgehead atoms. The third-order valence-corrected chi connectivity index (χ3v) is 2.79. The van der Waals surface area contributed by atoms with Crippen molar-refractivity contribution in [2.45, 2.75) is 32.7 Å². The molecule has 5 heteroatoms. The second-order valence-corrected chi connectivity index (χ2v) is 4.56. The molecule has 0 aliphatic rings. The first-order valence-electron chi connectivity index (χ1n) is 6.95. The van der Waals surface area contributed by atoms with Gasteiger partial charge in [0, 0.05) is 12.6 Å². The van der Waals surface area contributed by atoms with Gasteiger partial charge in [0.1, 0.15) is 12.4 Å². The number of rotatable bonds is 10. The molecule has 0 radical (unpaired) electrons. The number of alkyl halides is 2. The van der Waals surface area contributed by atoms with Crippen LogP contribution in [0.4, 0.5) is 8.78 Å². The van der Waals surface area contributed by atoms with Crippen molar-refractivity contribution in [2.75, 3.05) is 26.4 Å². The molecule has 0 aliphatic heterocycles. The summed E-state index contributed by atoms with van der Waals surface area (Å²) in [5, 5.41) is 3.22. The summed E-state index contributed by atoms with van der Waals surface area (Å²) in [6, 6.07) is 8.03. The highest BCUT2D eigenvalue weighted by atomic mass is 19.3. The van der Waals surface area contributed by atoms with Gasteiger partial charge in [-0.1, -0.05) is 19.1 Å². The minimum Gasteiger partial charge on any atom is -0.494 e. The van der Waals surface area contributed by atoms with E-state index in [4.69, 9.17) is 9.47 Å². The van der Waals surface area contributed by atoms with Crippen LogP contribution in [0, 0.1) is 0 Å². The molecule has 1 unspecified atom stereocenters. The monoisotopic (exact) mass is 287 g/mol. The molecule has 1 atom stereocenters. The van der Waals surface area contributed by atoms with Crippen LogP contribution in [0.2, 0.25) is 0 Å². The summed E-state index contributed by atoms with van der Waals surface area (Å²) in [4.78, 5) is 0. The maximum absolute atomic E-state index is 11.9. The molecule has 0 saturated carbocycles. The Morgan fingerprint density at radius 1 is 1.15 bits per heavy atom. The molecule has 0 saturated heterocycles. The van der Waals surface area contributed by atoms with E-state index < -0.39 is 13.0 Å². The first-order chi connectivity index (χ1) is 9.63. The summed E-state index contributed by atoms with van der Waals surface area (Å²) >= 11 is 0. The van der Waals surface area contributed by atoms with Crippen LogP contribution in [0.3, 0.4) is 0 Å². The summed E-state index contributed by atoms with van der Waals surface area (Å²) in [7, 11) is 0. The molecule has 114 valence electrons. The lowest BCUT2D eigenvalue weighted by atomic mass is 10.1. The number of hydrogen-bond acceptors (Lipinski definition) is 3. The summed E-state index contributed by atoms with van der Waals surface area (Å²) in [6.45, 7) is 5.13. The van der Waals surface area contributed by atoms with E-state index in [9.17, 15) is 8.78 Å². The fourth-order valence-electron chi connectivity index (χ4n) is 1.71. The van der Waals surface area contributed by atoms with E-state index in [2.05, 4.69) is 12.2 Å². The Bertz CT molecular complexity index is 357. The highest BCUT2D eigenvalue weighted by Crippen LogP contribution is 2.17. The third kappa shape index (κ3) is 6.82. The maximum atomic E-state index is 11.9. The van der Waals surface area contributed by atoms with Crippen molar-refractivity contribution in [3.8, 4) is 5.75 Å². The van der Waals surface area contributed by atoms with Crippen LogP contribution < -0.4 is 10.1 Å². The fourth-order valence-corrected chi connectivity index (χ4v) is 1.71. The number of nitrogens with one attached hydrogen (secondary N) is 1. The Hall–Kier alpha value is -1.20. The van der Waals surface area contributed by atoms with Gasteiger partial charge in [-0.2, -0.15) is 0 Å². The molecule has 1 aromatic rings. The van der Waals surface area contributed by atoms with Crippen LogP contribution in [-0.2, 0) is 4.74 Å². The molecular weight excluding hydrogens is 264 g/mol. The first kappa shape index (κ1) is 16.9. The third-order valence-electron chi connectivity index (χ3n) is 2.79. The topological polar surface area (TPSA) is 30.5 Å². The molecule has 0 aliphatic carbocycles. The molecule has 3 nitrogen and oxygen atoms in total. The molecule has 0 amide bonds. The summed E-state index contributed by atoms with van der Waals surface area (Å²) in [6.07, 6.45) is -1.42. The number of hydrogen-bond donors (Lipinski definition) is 1.